The number of nitrogens with zero attached hydrogens (tertiary/aromatic N) is 3. The van der Waals surface area contributed by atoms with E-state index in [1.54, 1.807) is 6.07 Å². The summed E-state index contributed by atoms with van der Waals surface area (Å²) < 4.78 is 4.20. The van der Waals surface area contributed by atoms with Gasteiger partial charge < -0.3 is 41.9 Å². The van der Waals surface area contributed by atoms with E-state index in [-0.39, 0.29) is 19.0 Å². The van der Waals surface area contributed by atoms with E-state index in [2.05, 4.69) is 33.0 Å². The SMILES string of the molecule is C[n+]1ccn(CCCNc2ccc(Nc3cc(Nc4ccc(N(CCO)CCO)cc4)c(N)cc3O)cc2)c1. The van der Waals surface area contributed by atoms with Crippen molar-refractivity contribution in [3.8, 4) is 5.75 Å². The number of aliphatic hydroxyl groups excluding tert-OH is 2. The molecule has 0 aliphatic rings. The fourth-order valence-corrected chi connectivity index (χ4v) is 4.29. The highest BCUT2D eigenvalue weighted by Crippen LogP contribution is 2.36. The van der Waals surface area contributed by atoms with Crippen molar-refractivity contribution in [2.75, 3.05) is 59.4 Å². The molecule has 0 aliphatic carbocycles. The van der Waals surface area contributed by atoms with Gasteiger partial charge >= 0.3 is 0 Å². The maximum absolute atomic E-state index is 10.5. The Morgan fingerprint density at radius 1 is 0.872 bits per heavy atom. The summed E-state index contributed by atoms with van der Waals surface area (Å²) in [6.07, 6.45) is 7.18. The first-order valence-electron chi connectivity index (χ1n) is 13.0. The number of benzene rings is 3. The lowest BCUT2D eigenvalue weighted by molar-refractivity contribution is -0.671. The monoisotopic (exact) mass is 532 g/mol. The number of aromatic nitrogens is 2. The van der Waals surface area contributed by atoms with Crippen molar-refractivity contribution in [2.45, 2.75) is 13.0 Å². The summed E-state index contributed by atoms with van der Waals surface area (Å²) in [5.41, 5.74) is 11.4. The molecule has 3 aromatic carbocycles. The molecule has 0 atom stereocenters. The number of nitrogens with one attached hydrogen (secondary N) is 3. The van der Waals surface area contributed by atoms with Gasteiger partial charge in [0, 0.05) is 54.9 Å². The number of aryl methyl sites for hydroxylation is 2. The number of phenolic OH excluding ortho intramolecular Hbond substituents is 1. The predicted molar refractivity (Wildman–Crippen MR) is 157 cm³/mol. The average molecular weight is 533 g/mol. The van der Waals surface area contributed by atoms with E-state index in [0.29, 0.717) is 30.2 Å². The Hall–Kier alpha value is -4.41. The average Bonchev–Trinajstić information content (AvgIpc) is 3.35. The lowest BCUT2D eigenvalue weighted by atomic mass is 10.2. The van der Waals surface area contributed by atoms with Crippen LogP contribution in [0.2, 0.25) is 0 Å². The van der Waals surface area contributed by atoms with Crippen molar-refractivity contribution in [3.05, 3.63) is 79.4 Å². The molecule has 0 radical (unpaired) electrons. The highest BCUT2D eigenvalue weighted by molar-refractivity contribution is 5.82. The first-order chi connectivity index (χ1) is 18.9. The molecule has 10 heteroatoms. The molecule has 4 aromatic rings. The topological polar surface area (TPSA) is 135 Å². The van der Waals surface area contributed by atoms with Crippen LogP contribution in [0.4, 0.5) is 39.8 Å². The molecule has 0 fully saturated rings. The van der Waals surface area contributed by atoms with Crippen LogP contribution < -0.4 is 31.2 Å². The number of anilines is 7. The molecule has 0 spiro atoms. The molecule has 1 heterocycles. The molecule has 0 saturated heterocycles. The van der Waals surface area contributed by atoms with Gasteiger partial charge in [0.2, 0.25) is 6.33 Å². The number of aliphatic hydroxyl groups is 2. The van der Waals surface area contributed by atoms with Gasteiger partial charge in [-0.3, -0.25) is 0 Å². The quantitative estimate of drug-likeness (QED) is 0.0432. The first-order valence-corrected chi connectivity index (χ1v) is 13.0. The summed E-state index contributed by atoms with van der Waals surface area (Å²) in [4.78, 5) is 1.91. The number of imidazole rings is 1. The highest BCUT2D eigenvalue weighted by Gasteiger charge is 2.10. The Balaban J connectivity index is 1.35. The Morgan fingerprint density at radius 2 is 1.49 bits per heavy atom. The van der Waals surface area contributed by atoms with E-state index in [0.717, 1.165) is 42.3 Å². The van der Waals surface area contributed by atoms with Gasteiger partial charge in [0.25, 0.3) is 0 Å². The number of hydrogen-bond acceptors (Lipinski definition) is 8. The second kappa shape index (κ2) is 13.4. The zero-order valence-corrected chi connectivity index (χ0v) is 22.2. The molecule has 206 valence electrons. The van der Waals surface area contributed by atoms with Gasteiger partial charge in [0.15, 0.2) is 0 Å². The molecule has 1 aromatic heterocycles. The summed E-state index contributed by atoms with van der Waals surface area (Å²) >= 11 is 0. The minimum absolute atomic E-state index is 0.00700. The third-order valence-corrected chi connectivity index (χ3v) is 6.33. The van der Waals surface area contributed by atoms with Crippen molar-refractivity contribution in [1.29, 1.82) is 0 Å². The van der Waals surface area contributed by atoms with Gasteiger partial charge in [-0.15, -0.1) is 0 Å². The standard InChI is InChI=1S/C29H37N7O3/c1-34-13-14-35(21-34)12-2-11-31-22-3-5-23(6-4-22)33-28-20-27(26(30)19-29(28)39)32-24-7-9-25(10-8-24)36(15-17-37)16-18-38/h3-10,13-14,19-21,31-33,37-38H,2,11-12,15-18,30H2,1H3/p+1. The largest absolute Gasteiger partial charge is 0.506 e. The molecule has 8 N–H and O–H groups in total. The molecular weight excluding hydrogens is 494 g/mol. The highest BCUT2D eigenvalue weighted by atomic mass is 16.3. The number of rotatable bonds is 14. The lowest BCUT2D eigenvalue weighted by Crippen LogP contribution is -2.29. The first kappa shape index (κ1) is 27.6. The third kappa shape index (κ3) is 7.79. The fraction of sp³-hybridized carbons (Fsp3) is 0.276. The summed E-state index contributed by atoms with van der Waals surface area (Å²) in [5, 5.41) is 39.1. The molecule has 39 heavy (non-hydrogen) atoms. The maximum atomic E-state index is 10.5. The van der Waals surface area contributed by atoms with Crippen LogP contribution in [0, 0.1) is 0 Å². The molecule has 0 unspecified atom stereocenters. The summed E-state index contributed by atoms with van der Waals surface area (Å²) in [6, 6.07) is 18.9. The van der Waals surface area contributed by atoms with E-state index in [4.69, 9.17) is 5.73 Å². The van der Waals surface area contributed by atoms with Crippen LogP contribution >= 0.6 is 0 Å². The zero-order chi connectivity index (χ0) is 27.6. The molecule has 10 nitrogen and oxygen atoms in total. The van der Waals surface area contributed by atoms with Gasteiger partial charge in [-0.25, -0.2) is 9.13 Å². The Bertz CT molecular complexity index is 1320. The minimum atomic E-state index is 0.00700. The van der Waals surface area contributed by atoms with Crippen molar-refractivity contribution >= 4 is 39.8 Å². The molecule has 0 aliphatic heterocycles. The van der Waals surface area contributed by atoms with Crippen LogP contribution in [-0.4, -0.2) is 52.7 Å². The van der Waals surface area contributed by atoms with Crippen LogP contribution in [0.5, 0.6) is 5.75 Å². The van der Waals surface area contributed by atoms with Crippen LogP contribution in [0.15, 0.2) is 79.4 Å². The Kier molecular flexibility index (Phi) is 9.49. The second-order valence-corrected chi connectivity index (χ2v) is 9.36. The van der Waals surface area contributed by atoms with Crippen molar-refractivity contribution in [1.82, 2.24) is 4.57 Å². The number of phenols is 1. The number of aromatic hydroxyl groups is 1. The zero-order valence-electron chi connectivity index (χ0n) is 22.2. The van der Waals surface area contributed by atoms with E-state index in [9.17, 15) is 15.3 Å². The van der Waals surface area contributed by atoms with Gasteiger partial charge in [-0.2, -0.15) is 0 Å². The predicted octanol–water partition coefficient (Wildman–Crippen LogP) is 3.38. The molecule has 0 amide bonds. The molecular formula is C29H38N7O3+. The number of nitrogens with two attached hydrogens (primary N) is 1. The van der Waals surface area contributed by atoms with Crippen molar-refractivity contribution < 1.29 is 19.9 Å². The van der Waals surface area contributed by atoms with E-state index in [1.165, 1.54) is 6.07 Å². The van der Waals surface area contributed by atoms with Gasteiger partial charge in [-0.05, 0) is 54.6 Å². The Labute approximate surface area is 229 Å². The summed E-state index contributed by atoms with van der Waals surface area (Å²) in [5.74, 6) is 0.0534. The van der Waals surface area contributed by atoms with E-state index in [1.807, 2.05) is 71.2 Å². The lowest BCUT2D eigenvalue weighted by Gasteiger charge is -2.23. The summed E-state index contributed by atoms with van der Waals surface area (Å²) in [7, 11) is 2.01. The summed E-state index contributed by atoms with van der Waals surface area (Å²) in [6.45, 7) is 2.72. The number of nitrogen functional groups attached to an aromatic ring is 1. The number of hydrogen-bond donors (Lipinski definition) is 7. The normalized spacial score (nSPS) is 10.8. The van der Waals surface area contributed by atoms with Gasteiger partial charge in [-0.1, -0.05) is 0 Å². The third-order valence-electron chi connectivity index (χ3n) is 6.33. The minimum Gasteiger partial charge on any atom is -0.506 e. The fourth-order valence-electron chi connectivity index (χ4n) is 4.29. The van der Waals surface area contributed by atoms with Crippen LogP contribution in [0.25, 0.3) is 0 Å². The van der Waals surface area contributed by atoms with Crippen LogP contribution in [0.3, 0.4) is 0 Å². The molecule has 4 rings (SSSR count). The van der Waals surface area contributed by atoms with Crippen molar-refractivity contribution in [2.24, 2.45) is 7.05 Å². The van der Waals surface area contributed by atoms with E-state index < -0.39 is 0 Å². The van der Waals surface area contributed by atoms with Gasteiger partial charge in [0.05, 0.1) is 43.9 Å². The van der Waals surface area contributed by atoms with Crippen LogP contribution in [0.1, 0.15) is 6.42 Å². The second-order valence-electron chi connectivity index (χ2n) is 9.36. The smallest absolute Gasteiger partial charge is 0.243 e. The molecule has 0 bridgehead atoms. The maximum Gasteiger partial charge on any atom is 0.243 e. The van der Waals surface area contributed by atoms with E-state index >= 15 is 0 Å². The van der Waals surface area contributed by atoms with Gasteiger partial charge in [0.1, 0.15) is 18.1 Å². The van der Waals surface area contributed by atoms with Crippen molar-refractivity contribution in [3.63, 3.8) is 0 Å². The van der Waals surface area contributed by atoms with Crippen LogP contribution in [-0.2, 0) is 13.6 Å². The molecule has 0 saturated carbocycles. The Morgan fingerprint density at radius 3 is 2.10 bits per heavy atom.